The van der Waals surface area contributed by atoms with E-state index in [1.807, 2.05) is 0 Å². The van der Waals surface area contributed by atoms with Crippen molar-refractivity contribution in [3.63, 3.8) is 0 Å². The van der Waals surface area contributed by atoms with Crippen molar-refractivity contribution in [1.29, 1.82) is 0 Å². The highest BCUT2D eigenvalue weighted by Crippen LogP contribution is 2.32. The molecule has 114 valence electrons. The van der Waals surface area contributed by atoms with Crippen molar-refractivity contribution >= 4 is 50.0 Å². The van der Waals surface area contributed by atoms with E-state index in [9.17, 15) is 8.42 Å². The Balaban J connectivity index is 0.00000200. The van der Waals surface area contributed by atoms with Gasteiger partial charge in [0.1, 0.15) is 0 Å². The van der Waals surface area contributed by atoms with Crippen LogP contribution in [0.1, 0.15) is 12.8 Å². The first-order chi connectivity index (χ1) is 8.94. The number of halogens is 3. The predicted molar refractivity (Wildman–Crippen MR) is 87.2 cm³/mol. The van der Waals surface area contributed by atoms with Gasteiger partial charge in [-0.25, -0.2) is 8.42 Å². The van der Waals surface area contributed by atoms with Crippen LogP contribution in [0.2, 0.25) is 5.02 Å². The lowest BCUT2D eigenvalue weighted by Gasteiger charge is -2.31. The zero-order chi connectivity index (χ0) is 14.0. The number of hydrogen-bond acceptors (Lipinski definition) is 3. The van der Waals surface area contributed by atoms with Crippen LogP contribution in [0, 0.1) is 0 Å². The van der Waals surface area contributed by atoms with E-state index >= 15 is 0 Å². The van der Waals surface area contributed by atoms with Crippen LogP contribution in [0.4, 0.5) is 0 Å². The summed E-state index contributed by atoms with van der Waals surface area (Å²) in [5.74, 6) is 0. The maximum absolute atomic E-state index is 12.6. The number of nitrogens with zero attached hydrogens (tertiary/aromatic N) is 1. The van der Waals surface area contributed by atoms with E-state index in [0.717, 1.165) is 25.9 Å². The zero-order valence-corrected chi connectivity index (χ0v) is 14.9. The van der Waals surface area contributed by atoms with E-state index in [1.54, 1.807) is 25.2 Å². The highest BCUT2D eigenvalue weighted by atomic mass is 79.9. The van der Waals surface area contributed by atoms with Crippen LogP contribution in [-0.2, 0) is 10.0 Å². The number of piperidine rings is 1. The smallest absolute Gasteiger partial charge is 0.244 e. The van der Waals surface area contributed by atoms with Crippen molar-refractivity contribution in [1.82, 2.24) is 9.62 Å². The average molecular weight is 404 g/mol. The minimum atomic E-state index is -3.52. The molecule has 1 heterocycles. The van der Waals surface area contributed by atoms with E-state index < -0.39 is 10.0 Å². The van der Waals surface area contributed by atoms with Gasteiger partial charge in [0.05, 0.1) is 14.4 Å². The van der Waals surface area contributed by atoms with Crippen molar-refractivity contribution in [3.05, 3.63) is 27.7 Å². The maximum Gasteiger partial charge on any atom is 0.244 e. The molecule has 4 nitrogen and oxygen atoms in total. The molecule has 0 aliphatic carbocycles. The van der Waals surface area contributed by atoms with Crippen LogP contribution in [0.15, 0.2) is 27.6 Å². The molecule has 0 atom stereocenters. The zero-order valence-electron chi connectivity index (χ0n) is 11.0. The highest BCUT2D eigenvalue weighted by molar-refractivity contribution is 9.10. The van der Waals surface area contributed by atoms with Crippen LogP contribution < -0.4 is 5.32 Å². The summed E-state index contributed by atoms with van der Waals surface area (Å²) in [5.41, 5.74) is 0. The maximum atomic E-state index is 12.6. The van der Waals surface area contributed by atoms with Crippen molar-refractivity contribution in [2.75, 3.05) is 20.1 Å². The number of benzene rings is 1. The van der Waals surface area contributed by atoms with Gasteiger partial charge in [-0.3, -0.25) is 0 Å². The third-order valence-corrected chi connectivity index (χ3v) is 7.01. The standard InChI is InChI=1S/C12H16BrClN2O2S.ClH/c1-16(9-5-7-15-8-6-9)19(17,18)11-4-2-3-10(14)12(11)13;/h2-4,9,15H,5-8H2,1H3;1H. The van der Waals surface area contributed by atoms with Crippen LogP contribution in [0.3, 0.4) is 0 Å². The highest BCUT2D eigenvalue weighted by Gasteiger charge is 2.30. The van der Waals surface area contributed by atoms with Crippen LogP contribution >= 0.6 is 39.9 Å². The fourth-order valence-electron chi connectivity index (χ4n) is 2.20. The normalized spacial score (nSPS) is 17.0. The summed E-state index contributed by atoms with van der Waals surface area (Å²) in [5, 5.41) is 3.63. The fraction of sp³-hybridized carbons (Fsp3) is 0.500. The lowest BCUT2D eigenvalue weighted by molar-refractivity contribution is 0.296. The molecule has 2 rings (SSSR count). The lowest BCUT2D eigenvalue weighted by atomic mass is 10.1. The summed E-state index contributed by atoms with van der Waals surface area (Å²) >= 11 is 9.23. The molecule has 1 fully saturated rings. The van der Waals surface area contributed by atoms with Gasteiger partial charge in [-0.15, -0.1) is 12.4 Å². The number of sulfonamides is 1. The molecule has 1 aromatic rings. The Kier molecular flexibility index (Phi) is 6.76. The van der Waals surface area contributed by atoms with Crippen LogP contribution in [0.5, 0.6) is 0 Å². The van der Waals surface area contributed by atoms with Gasteiger partial charge >= 0.3 is 0 Å². The van der Waals surface area contributed by atoms with Crippen molar-refractivity contribution in [2.45, 2.75) is 23.8 Å². The van der Waals surface area contributed by atoms with Gasteiger partial charge in [0.2, 0.25) is 10.0 Å². The number of rotatable bonds is 3. The van der Waals surface area contributed by atoms with E-state index in [0.29, 0.717) is 9.50 Å². The summed E-state index contributed by atoms with van der Waals surface area (Å²) in [4.78, 5) is 0.223. The second-order valence-corrected chi connectivity index (χ2v) is 7.72. The molecule has 0 bridgehead atoms. The first-order valence-corrected chi connectivity index (χ1v) is 8.68. The quantitative estimate of drug-likeness (QED) is 0.843. The molecule has 1 aliphatic rings. The van der Waals surface area contributed by atoms with Gasteiger partial charge in [0.15, 0.2) is 0 Å². The largest absolute Gasteiger partial charge is 0.317 e. The minimum absolute atomic E-state index is 0. The summed E-state index contributed by atoms with van der Waals surface area (Å²) < 4.78 is 27.1. The molecule has 1 saturated heterocycles. The summed E-state index contributed by atoms with van der Waals surface area (Å²) in [6.07, 6.45) is 1.65. The van der Waals surface area contributed by atoms with E-state index in [2.05, 4.69) is 21.2 Å². The summed E-state index contributed by atoms with van der Waals surface area (Å²) in [6, 6.07) is 4.92. The van der Waals surface area contributed by atoms with Gasteiger partial charge in [-0.2, -0.15) is 4.31 Å². The molecule has 0 aromatic heterocycles. The van der Waals surface area contributed by atoms with Gasteiger partial charge in [-0.05, 0) is 54.0 Å². The molecule has 0 radical (unpaired) electrons. The second-order valence-electron chi connectivity index (χ2n) is 4.55. The van der Waals surface area contributed by atoms with E-state index in [1.165, 1.54) is 4.31 Å². The minimum Gasteiger partial charge on any atom is -0.317 e. The Morgan fingerprint density at radius 1 is 1.35 bits per heavy atom. The molecule has 8 heteroatoms. The number of nitrogens with one attached hydrogen (secondary N) is 1. The fourth-order valence-corrected chi connectivity index (χ4v) is 4.81. The van der Waals surface area contributed by atoms with Gasteiger partial charge in [0.25, 0.3) is 0 Å². The van der Waals surface area contributed by atoms with Crippen LogP contribution in [0.25, 0.3) is 0 Å². The van der Waals surface area contributed by atoms with Crippen molar-refractivity contribution < 1.29 is 8.42 Å². The second kappa shape index (κ2) is 7.42. The molecule has 0 spiro atoms. The molecular weight excluding hydrogens is 387 g/mol. The van der Waals surface area contributed by atoms with E-state index in [4.69, 9.17) is 11.6 Å². The van der Waals surface area contributed by atoms with Crippen LogP contribution in [-0.4, -0.2) is 38.9 Å². The topological polar surface area (TPSA) is 49.4 Å². The first-order valence-electron chi connectivity index (χ1n) is 6.07. The molecule has 1 aromatic carbocycles. The molecular formula is C12H17BrCl2N2O2S. The van der Waals surface area contributed by atoms with Gasteiger partial charge < -0.3 is 5.32 Å². The van der Waals surface area contributed by atoms with Gasteiger partial charge in [-0.1, -0.05) is 17.7 Å². The van der Waals surface area contributed by atoms with Crippen molar-refractivity contribution in [2.24, 2.45) is 0 Å². The molecule has 1 aliphatic heterocycles. The molecule has 0 unspecified atom stereocenters. The molecule has 20 heavy (non-hydrogen) atoms. The molecule has 1 N–H and O–H groups in total. The van der Waals surface area contributed by atoms with Gasteiger partial charge in [0, 0.05) is 13.1 Å². The Morgan fingerprint density at radius 3 is 2.55 bits per heavy atom. The summed E-state index contributed by atoms with van der Waals surface area (Å²) in [6.45, 7) is 1.70. The predicted octanol–water partition coefficient (Wildman–Crippen LogP) is 2.90. The Labute approximate surface area is 139 Å². The van der Waals surface area contributed by atoms with Crippen molar-refractivity contribution in [3.8, 4) is 0 Å². The average Bonchev–Trinajstić information content (AvgIpc) is 2.41. The molecule has 0 amide bonds. The van der Waals surface area contributed by atoms with E-state index in [-0.39, 0.29) is 23.3 Å². The SMILES string of the molecule is CN(C1CCNCC1)S(=O)(=O)c1cccc(Cl)c1Br.Cl. The number of hydrogen-bond donors (Lipinski definition) is 1. The monoisotopic (exact) mass is 402 g/mol. The third-order valence-electron chi connectivity index (χ3n) is 3.40. The Hall–Kier alpha value is 0.150. The first kappa shape index (κ1) is 18.2. The molecule has 0 saturated carbocycles. The lowest BCUT2D eigenvalue weighted by Crippen LogP contribution is -2.43. The summed E-state index contributed by atoms with van der Waals surface area (Å²) in [7, 11) is -1.88. The third kappa shape index (κ3) is 3.67. The Morgan fingerprint density at radius 2 is 1.95 bits per heavy atom. The Bertz CT molecular complexity index is 563.